The van der Waals surface area contributed by atoms with Gasteiger partial charge in [0.1, 0.15) is 23.9 Å². The molecule has 5 aromatic rings. The number of aromatic nitrogens is 3. The van der Waals surface area contributed by atoms with Gasteiger partial charge in [-0.3, -0.25) is 9.48 Å². The van der Waals surface area contributed by atoms with Crippen LogP contribution in [0.25, 0.3) is 32.8 Å². The Hall–Kier alpha value is -4.39. The molecular weight excluding hydrogens is 488 g/mol. The topological polar surface area (TPSA) is 92.3 Å². The second-order valence-corrected chi connectivity index (χ2v) is 10.1. The number of nitrogens with two attached hydrogens (primary N) is 1. The van der Waals surface area contributed by atoms with Crippen molar-refractivity contribution in [1.82, 2.24) is 14.8 Å². The second-order valence-electron chi connectivity index (χ2n) is 10.1. The third kappa shape index (κ3) is 5.04. The predicted molar refractivity (Wildman–Crippen MR) is 153 cm³/mol. The Morgan fingerprint density at radius 2 is 1.90 bits per heavy atom. The minimum absolute atomic E-state index is 0.171. The number of ether oxygens (including phenoxy) is 2. The van der Waals surface area contributed by atoms with Crippen LogP contribution in [-0.2, 0) is 29.1 Å². The van der Waals surface area contributed by atoms with E-state index >= 15 is 0 Å². The Morgan fingerprint density at radius 3 is 2.72 bits per heavy atom. The molecule has 39 heavy (non-hydrogen) atoms. The average molecular weight is 521 g/mol. The van der Waals surface area contributed by atoms with Gasteiger partial charge in [0.15, 0.2) is 0 Å². The maximum Gasteiger partial charge on any atom is 0.310 e. The highest BCUT2D eigenvalue weighted by Gasteiger charge is 2.21. The van der Waals surface area contributed by atoms with Crippen LogP contribution in [-0.4, -0.2) is 27.3 Å². The predicted octanol–water partition coefficient (Wildman–Crippen LogP) is 6.32. The molecular formula is C32H32N4O3. The molecule has 1 saturated carbocycles. The van der Waals surface area contributed by atoms with Crippen LogP contribution in [0.15, 0.2) is 72.9 Å². The zero-order chi connectivity index (χ0) is 26.8. The summed E-state index contributed by atoms with van der Waals surface area (Å²) in [6, 6.07) is 22.3. The smallest absolute Gasteiger partial charge is 0.310 e. The van der Waals surface area contributed by atoms with Crippen molar-refractivity contribution in [2.45, 2.75) is 45.8 Å². The summed E-state index contributed by atoms with van der Waals surface area (Å²) in [5.41, 5.74) is 11.1. The van der Waals surface area contributed by atoms with Crippen molar-refractivity contribution in [3.8, 4) is 16.9 Å². The number of esters is 1. The zero-order valence-corrected chi connectivity index (χ0v) is 22.1. The number of rotatable bonds is 9. The van der Waals surface area contributed by atoms with Gasteiger partial charge in [-0.15, -0.1) is 0 Å². The fourth-order valence-electron chi connectivity index (χ4n) is 5.36. The summed E-state index contributed by atoms with van der Waals surface area (Å²) in [5, 5.41) is 8.10. The van der Waals surface area contributed by atoms with Gasteiger partial charge < -0.3 is 15.2 Å². The van der Waals surface area contributed by atoms with Gasteiger partial charge in [-0.2, -0.15) is 5.10 Å². The number of hydrogen-bond acceptors (Lipinski definition) is 6. The number of anilines is 1. The van der Waals surface area contributed by atoms with E-state index in [0.717, 1.165) is 50.6 Å². The molecule has 7 nitrogen and oxygen atoms in total. The number of carbonyl (C=O) groups is 1. The molecule has 198 valence electrons. The number of nitrogens with zero attached hydrogens (tertiary/aromatic N) is 3. The van der Waals surface area contributed by atoms with Gasteiger partial charge in [0.05, 0.1) is 18.5 Å². The summed E-state index contributed by atoms with van der Waals surface area (Å²) in [7, 11) is 0. The van der Waals surface area contributed by atoms with E-state index in [1.807, 2.05) is 49.4 Å². The zero-order valence-electron chi connectivity index (χ0n) is 22.1. The van der Waals surface area contributed by atoms with E-state index < -0.39 is 0 Å². The lowest BCUT2D eigenvalue weighted by Crippen LogP contribution is -2.18. The highest BCUT2D eigenvalue weighted by Crippen LogP contribution is 2.35. The van der Waals surface area contributed by atoms with Crippen molar-refractivity contribution in [3.05, 3.63) is 84.2 Å². The molecule has 0 atom stereocenters. The lowest BCUT2D eigenvalue weighted by atomic mass is 9.85. The van der Waals surface area contributed by atoms with Crippen molar-refractivity contribution in [3.63, 3.8) is 0 Å². The molecule has 0 amide bonds. The number of fused-ring (bicyclic) bond motifs is 2. The molecule has 2 N–H and O–H groups in total. The van der Waals surface area contributed by atoms with Crippen LogP contribution >= 0.6 is 0 Å². The first-order valence-electron chi connectivity index (χ1n) is 13.6. The molecule has 2 aromatic heterocycles. The molecule has 0 aliphatic heterocycles. The summed E-state index contributed by atoms with van der Waals surface area (Å²) in [4.78, 5) is 16.4. The standard InChI is InChI=1S/C32H32N4O3/c1-2-38-31(37)18-23-9-3-4-12-30(23)39-20-28-27-17-22(13-14-29(27)36(35-28)19-21-7-5-8-21)24-10-6-11-26-25(24)15-16-34-32(26)33/h3-4,6,9-17,21H,2,5,7-8,18-20H2,1H3,(H2,33,34). The van der Waals surface area contributed by atoms with Crippen molar-refractivity contribution in [2.24, 2.45) is 5.92 Å². The van der Waals surface area contributed by atoms with Gasteiger partial charge in [0.25, 0.3) is 0 Å². The lowest BCUT2D eigenvalue weighted by molar-refractivity contribution is -0.142. The first-order chi connectivity index (χ1) is 19.1. The van der Waals surface area contributed by atoms with Gasteiger partial charge in [0.2, 0.25) is 0 Å². The average Bonchev–Trinajstić information content (AvgIpc) is 3.27. The van der Waals surface area contributed by atoms with Crippen molar-refractivity contribution >= 4 is 33.5 Å². The van der Waals surface area contributed by atoms with Crippen LogP contribution in [0.3, 0.4) is 0 Å². The molecule has 0 spiro atoms. The fraction of sp³-hybridized carbons (Fsp3) is 0.281. The summed E-state index contributed by atoms with van der Waals surface area (Å²) in [6.45, 7) is 3.37. The van der Waals surface area contributed by atoms with E-state index in [9.17, 15) is 4.79 Å². The molecule has 1 aliphatic rings. The monoisotopic (exact) mass is 520 g/mol. The third-order valence-electron chi connectivity index (χ3n) is 7.61. The summed E-state index contributed by atoms with van der Waals surface area (Å²) < 4.78 is 13.6. The van der Waals surface area contributed by atoms with E-state index in [-0.39, 0.29) is 12.4 Å². The molecule has 1 aliphatic carbocycles. The van der Waals surface area contributed by atoms with E-state index in [4.69, 9.17) is 20.3 Å². The first-order valence-corrected chi connectivity index (χ1v) is 13.6. The maximum absolute atomic E-state index is 12.1. The van der Waals surface area contributed by atoms with Crippen molar-refractivity contribution < 1.29 is 14.3 Å². The number of pyridine rings is 1. The van der Waals surface area contributed by atoms with Crippen LogP contribution in [0.1, 0.15) is 37.4 Å². The van der Waals surface area contributed by atoms with Gasteiger partial charge >= 0.3 is 5.97 Å². The number of hydrogen-bond donors (Lipinski definition) is 1. The normalized spacial score (nSPS) is 13.5. The van der Waals surface area contributed by atoms with Crippen LogP contribution in [0.4, 0.5) is 5.82 Å². The van der Waals surface area contributed by atoms with Crippen molar-refractivity contribution in [1.29, 1.82) is 0 Å². The molecule has 6 rings (SSSR count). The van der Waals surface area contributed by atoms with Gasteiger partial charge in [-0.1, -0.05) is 48.9 Å². The number of benzene rings is 3. The molecule has 0 bridgehead atoms. The number of carbonyl (C=O) groups excluding carboxylic acids is 1. The minimum atomic E-state index is -0.264. The summed E-state index contributed by atoms with van der Waals surface area (Å²) in [6.07, 6.45) is 5.71. The van der Waals surface area contributed by atoms with Crippen LogP contribution in [0, 0.1) is 5.92 Å². The molecule has 0 unspecified atom stereocenters. The Bertz CT molecular complexity index is 1650. The highest BCUT2D eigenvalue weighted by atomic mass is 16.5. The SMILES string of the molecule is CCOC(=O)Cc1ccccc1OCc1nn(CC2CCC2)c2ccc(-c3cccc4c(N)nccc34)cc12. The molecule has 2 heterocycles. The van der Waals surface area contributed by atoms with E-state index in [1.54, 1.807) is 6.20 Å². The van der Waals surface area contributed by atoms with Gasteiger partial charge in [-0.25, -0.2) is 4.98 Å². The van der Waals surface area contributed by atoms with Crippen LogP contribution < -0.4 is 10.5 Å². The quantitative estimate of drug-likeness (QED) is 0.229. The molecule has 0 saturated heterocycles. The Labute approximate surface area is 227 Å². The molecule has 0 radical (unpaired) electrons. The minimum Gasteiger partial charge on any atom is -0.487 e. The largest absolute Gasteiger partial charge is 0.487 e. The van der Waals surface area contributed by atoms with E-state index in [2.05, 4.69) is 33.9 Å². The Balaban J connectivity index is 1.37. The first kappa shape index (κ1) is 24.9. The molecule has 1 fully saturated rings. The van der Waals surface area contributed by atoms with Crippen LogP contribution in [0.5, 0.6) is 5.75 Å². The van der Waals surface area contributed by atoms with Gasteiger partial charge in [-0.05, 0) is 66.5 Å². The Morgan fingerprint density at radius 1 is 1.03 bits per heavy atom. The lowest BCUT2D eigenvalue weighted by Gasteiger charge is -2.25. The third-order valence-corrected chi connectivity index (χ3v) is 7.61. The van der Waals surface area contributed by atoms with Gasteiger partial charge in [0, 0.05) is 29.1 Å². The summed E-state index contributed by atoms with van der Waals surface area (Å²) in [5.74, 6) is 1.60. The molecule has 3 aromatic carbocycles. The Kier molecular flexibility index (Phi) is 6.88. The molecule has 7 heteroatoms. The van der Waals surface area contributed by atoms with Crippen LogP contribution in [0.2, 0.25) is 0 Å². The maximum atomic E-state index is 12.1. The van der Waals surface area contributed by atoms with Crippen molar-refractivity contribution in [2.75, 3.05) is 12.3 Å². The van der Waals surface area contributed by atoms with E-state index in [1.165, 1.54) is 19.3 Å². The summed E-state index contributed by atoms with van der Waals surface area (Å²) >= 11 is 0. The second kappa shape index (κ2) is 10.8. The number of para-hydroxylation sites is 1. The number of nitrogen functional groups attached to an aromatic ring is 1. The highest BCUT2D eigenvalue weighted by molar-refractivity contribution is 6.02. The fourth-order valence-corrected chi connectivity index (χ4v) is 5.36. The van der Waals surface area contributed by atoms with E-state index in [0.29, 0.717) is 30.7 Å².